The molecule has 1 aliphatic heterocycles. The Bertz CT molecular complexity index is 215. The van der Waals surface area contributed by atoms with Gasteiger partial charge in [0.05, 0.1) is 12.8 Å². The van der Waals surface area contributed by atoms with Gasteiger partial charge in [-0.05, 0) is 6.92 Å². The number of hydrogen-bond donors (Lipinski definition) is 0. The van der Waals surface area contributed by atoms with Gasteiger partial charge < -0.3 is 9.26 Å². The standard InChI is InChI=1S/C6H7NO2/c1-4-5(2-7-9-4)6-3-8-6/h2,6H,3H2,1H3. The van der Waals surface area contributed by atoms with Crippen LogP contribution in [0.25, 0.3) is 0 Å². The van der Waals surface area contributed by atoms with Gasteiger partial charge in [-0.1, -0.05) is 5.16 Å². The molecular weight excluding hydrogens is 118 g/mol. The number of ether oxygens (including phenoxy) is 1. The van der Waals surface area contributed by atoms with Crippen LogP contribution >= 0.6 is 0 Å². The lowest BCUT2D eigenvalue weighted by Crippen LogP contribution is -1.76. The van der Waals surface area contributed by atoms with Crippen LogP contribution in [0, 0.1) is 6.92 Å². The first-order valence-electron chi connectivity index (χ1n) is 2.90. The predicted octanol–water partition coefficient (Wildman–Crippen LogP) is 1.05. The van der Waals surface area contributed by atoms with E-state index in [9.17, 15) is 0 Å². The molecule has 0 spiro atoms. The summed E-state index contributed by atoms with van der Waals surface area (Å²) >= 11 is 0. The molecule has 1 aromatic heterocycles. The van der Waals surface area contributed by atoms with E-state index in [1.807, 2.05) is 6.92 Å². The Morgan fingerprint density at radius 2 is 2.56 bits per heavy atom. The molecule has 3 heteroatoms. The molecule has 0 saturated carbocycles. The third kappa shape index (κ3) is 0.733. The minimum atomic E-state index is 0.274. The van der Waals surface area contributed by atoms with E-state index in [2.05, 4.69) is 5.16 Å². The number of aromatic nitrogens is 1. The fourth-order valence-electron chi connectivity index (χ4n) is 0.843. The van der Waals surface area contributed by atoms with Crippen LogP contribution in [0.4, 0.5) is 0 Å². The lowest BCUT2D eigenvalue weighted by atomic mass is 10.2. The number of nitrogens with zero attached hydrogens (tertiary/aromatic N) is 1. The summed E-state index contributed by atoms with van der Waals surface area (Å²) in [5.74, 6) is 0.873. The molecule has 1 aliphatic rings. The molecular formula is C6H7NO2. The molecule has 2 heterocycles. The number of hydrogen-bond acceptors (Lipinski definition) is 3. The number of rotatable bonds is 1. The highest BCUT2D eigenvalue weighted by atomic mass is 16.6. The van der Waals surface area contributed by atoms with Crippen LogP contribution in [-0.4, -0.2) is 11.8 Å². The molecule has 0 radical (unpaired) electrons. The topological polar surface area (TPSA) is 38.6 Å². The molecule has 48 valence electrons. The highest BCUT2D eigenvalue weighted by Crippen LogP contribution is 2.31. The Morgan fingerprint density at radius 1 is 1.78 bits per heavy atom. The van der Waals surface area contributed by atoms with E-state index in [4.69, 9.17) is 9.26 Å². The average Bonchev–Trinajstić information content (AvgIpc) is 2.58. The first kappa shape index (κ1) is 4.99. The van der Waals surface area contributed by atoms with Crippen LogP contribution in [0.15, 0.2) is 10.7 Å². The van der Waals surface area contributed by atoms with Crippen LogP contribution in [0.5, 0.6) is 0 Å². The molecule has 9 heavy (non-hydrogen) atoms. The lowest BCUT2D eigenvalue weighted by Gasteiger charge is -1.83. The quantitative estimate of drug-likeness (QED) is 0.526. The van der Waals surface area contributed by atoms with Gasteiger partial charge in [-0.2, -0.15) is 0 Å². The Balaban J connectivity index is 2.35. The molecule has 1 fully saturated rings. The molecule has 3 nitrogen and oxygen atoms in total. The highest BCUT2D eigenvalue weighted by molar-refractivity contribution is 5.18. The van der Waals surface area contributed by atoms with E-state index >= 15 is 0 Å². The van der Waals surface area contributed by atoms with Gasteiger partial charge in [0.25, 0.3) is 0 Å². The molecule has 0 N–H and O–H groups in total. The molecule has 0 aromatic carbocycles. The monoisotopic (exact) mass is 125 g/mol. The van der Waals surface area contributed by atoms with Crippen molar-refractivity contribution in [3.05, 3.63) is 17.5 Å². The average molecular weight is 125 g/mol. The fraction of sp³-hybridized carbons (Fsp3) is 0.500. The van der Waals surface area contributed by atoms with Gasteiger partial charge in [0.1, 0.15) is 11.9 Å². The molecule has 0 aliphatic carbocycles. The maximum absolute atomic E-state index is 5.03. The zero-order chi connectivity index (χ0) is 6.27. The number of epoxide rings is 1. The van der Waals surface area contributed by atoms with Gasteiger partial charge in [0.15, 0.2) is 0 Å². The van der Waals surface area contributed by atoms with Crippen molar-refractivity contribution in [1.29, 1.82) is 0 Å². The smallest absolute Gasteiger partial charge is 0.139 e. The molecule has 0 amide bonds. The summed E-state index contributed by atoms with van der Waals surface area (Å²) in [5, 5.41) is 3.63. The second-order valence-electron chi connectivity index (χ2n) is 2.16. The van der Waals surface area contributed by atoms with E-state index in [-0.39, 0.29) is 6.10 Å². The molecule has 1 atom stereocenters. The maximum Gasteiger partial charge on any atom is 0.139 e. The maximum atomic E-state index is 5.03. The van der Waals surface area contributed by atoms with Gasteiger partial charge in [-0.15, -0.1) is 0 Å². The first-order valence-corrected chi connectivity index (χ1v) is 2.90. The van der Waals surface area contributed by atoms with Crippen molar-refractivity contribution in [2.24, 2.45) is 0 Å². The van der Waals surface area contributed by atoms with Crippen LogP contribution in [0.1, 0.15) is 17.4 Å². The van der Waals surface area contributed by atoms with Crippen molar-refractivity contribution in [1.82, 2.24) is 5.16 Å². The minimum Gasteiger partial charge on any atom is -0.368 e. The summed E-state index contributed by atoms with van der Waals surface area (Å²) < 4.78 is 9.87. The molecule has 1 aromatic rings. The van der Waals surface area contributed by atoms with Crippen LogP contribution < -0.4 is 0 Å². The summed E-state index contributed by atoms with van der Waals surface area (Å²) in [6, 6.07) is 0. The highest BCUT2D eigenvalue weighted by Gasteiger charge is 2.28. The Hall–Kier alpha value is -0.830. The van der Waals surface area contributed by atoms with E-state index in [1.165, 1.54) is 0 Å². The Kier molecular flexibility index (Phi) is 0.873. The van der Waals surface area contributed by atoms with Gasteiger partial charge in [0, 0.05) is 5.56 Å². The van der Waals surface area contributed by atoms with Crippen molar-refractivity contribution in [3.8, 4) is 0 Å². The normalized spacial score (nSPS) is 24.3. The summed E-state index contributed by atoms with van der Waals surface area (Å²) in [4.78, 5) is 0. The second kappa shape index (κ2) is 1.57. The van der Waals surface area contributed by atoms with Crippen molar-refractivity contribution in [2.75, 3.05) is 6.61 Å². The Morgan fingerprint density at radius 3 is 3.00 bits per heavy atom. The van der Waals surface area contributed by atoms with E-state index < -0.39 is 0 Å². The van der Waals surface area contributed by atoms with Crippen molar-refractivity contribution in [3.63, 3.8) is 0 Å². The molecule has 0 bridgehead atoms. The largest absolute Gasteiger partial charge is 0.368 e. The van der Waals surface area contributed by atoms with Gasteiger partial charge in [-0.3, -0.25) is 0 Å². The first-order chi connectivity index (χ1) is 4.38. The predicted molar refractivity (Wildman–Crippen MR) is 29.9 cm³/mol. The second-order valence-corrected chi connectivity index (χ2v) is 2.16. The Labute approximate surface area is 52.6 Å². The third-order valence-electron chi connectivity index (χ3n) is 1.47. The van der Waals surface area contributed by atoms with E-state index in [0.717, 1.165) is 17.9 Å². The summed E-state index contributed by atoms with van der Waals surface area (Å²) in [5.41, 5.74) is 1.09. The number of aryl methyl sites for hydroxylation is 1. The molecule has 2 rings (SSSR count). The fourth-order valence-corrected chi connectivity index (χ4v) is 0.843. The summed E-state index contributed by atoms with van der Waals surface area (Å²) in [6.45, 7) is 2.71. The zero-order valence-corrected chi connectivity index (χ0v) is 5.13. The minimum absolute atomic E-state index is 0.274. The SMILES string of the molecule is Cc1oncc1C1CO1. The van der Waals surface area contributed by atoms with Gasteiger partial charge in [0.2, 0.25) is 0 Å². The van der Waals surface area contributed by atoms with Crippen LogP contribution in [0.3, 0.4) is 0 Å². The third-order valence-corrected chi connectivity index (χ3v) is 1.47. The van der Waals surface area contributed by atoms with Crippen molar-refractivity contribution in [2.45, 2.75) is 13.0 Å². The van der Waals surface area contributed by atoms with Gasteiger partial charge >= 0.3 is 0 Å². The van der Waals surface area contributed by atoms with E-state index in [0.29, 0.717) is 0 Å². The summed E-state index contributed by atoms with van der Waals surface area (Å²) in [7, 11) is 0. The van der Waals surface area contributed by atoms with Crippen molar-refractivity contribution >= 4 is 0 Å². The lowest BCUT2D eigenvalue weighted by molar-refractivity contribution is 0.387. The van der Waals surface area contributed by atoms with Crippen LogP contribution in [-0.2, 0) is 4.74 Å². The van der Waals surface area contributed by atoms with Gasteiger partial charge in [-0.25, -0.2) is 0 Å². The van der Waals surface area contributed by atoms with Crippen molar-refractivity contribution < 1.29 is 9.26 Å². The zero-order valence-electron chi connectivity index (χ0n) is 5.13. The van der Waals surface area contributed by atoms with Crippen LogP contribution in [0.2, 0.25) is 0 Å². The van der Waals surface area contributed by atoms with E-state index in [1.54, 1.807) is 6.20 Å². The molecule has 1 saturated heterocycles. The summed E-state index contributed by atoms with van der Waals surface area (Å²) in [6.07, 6.45) is 1.99. The molecule has 1 unspecified atom stereocenters.